The van der Waals surface area contributed by atoms with Crippen molar-refractivity contribution in [2.45, 2.75) is 50.6 Å². The van der Waals surface area contributed by atoms with Gasteiger partial charge < -0.3 is 34.9 Å². The third-order valence-corrected chi connectivity index (χ3v) is 9.90. The Hall–Kier alpha value is -4.15. The molecule has 0 radical (unpaired) electrons. The average Bonchev–Trinajstić information content (AvgIpc) is 3.64. The molecule has 44 heavy (non-hydrogen) atoms. The second-order valence-electron chi connectivity index (χ2n) is 12.6. The molecule has 2 fully saturated rings. The number of aromatic nitrogens is 1. The number of nitrogens with two attached hydrogens (primary N) is 1. The van der Waals surface area contributed by atoms with Gasteiger partial charge in [0.05, 0.1) is 11.1 Å². The SMILES string of the molecule is CN1CCCC1CCNC(=O)c1cn2c3c(c(N4CC[C@H](N)C4)c(F)cc3c1=O)Oc1cc3c(cc1-2)C1=C(C=CCC1)CO3. The number of pyridine rings is 1. The topological polar surface area (TPSA) is 102 Å². The van der Waals surface area contributed by atoms with Crippen LogP contribution in [-0.4, -0.2) is 67.3 Å². The van der Waals surface area contributed by atoms with E-state index in [2.05, 4.69) is 29.4 Å². The van der Waals surface area contributed by atoms with Crippen LogP contribution in [0.4, 0.5) is 10.1 Å². The molecule has 5 aliphatic rings. The highest BCUT2D eigenvalue weighted by Crippen LogP contribution is 2.50. The third-order valence-electron chi connectivity index (χ3n) is 9.90. The van der Waals surface area contributed by atoms with Gasteiger partial charge in [-0.25, -0.2) is 4.39 Å². The number of amides is 1. The number of halogens is 1. The number of likely N-dealkylation sites (tertiary alicyclic amines) is 1. The van der Waals surface area contributed by atoms with E-state index in [1.807, 2.05) is 21.6 Å². The first kappa shape index (κ1) is 27.4. The molecule has 1 aliphatic carbocycles. The van der Waals surface area contributed by atoms with Crippen LogP contribution in [0.2, 0.25) is 0 Å². The maximum absolute atomic E-state index is 16.0. The van der Waals surface area contributed by atoms with Crippen LogP contribution in [0.1, 0.15) is 54.4 Å². The molecule has 3 N–H and O–H groups in total. The molecule has 5 heterocycles. The largest absolute Gasteiger partial charge is 0.488 e. The molecule has 2 aromatic carbocycles. The molecule has 4 aliphatic heterocycles. The minimum atomic E-state index is -0.575. The molecule has 1 unspecified atom stereocenters. The Kier molecular flexibility index (Phi) is 6.53. The first-order valence-electron chi connectivity index (χ1n) is 15.7. The third kappa shape index (κ3) is 4.34. The summed E-state index contributed by atoms with van der Waals surface area (Å²) in [5.74, 6) is 0.395. The lowest BCUT2D eigenvalue weighted by molar-refractivity contribution is 0.0949. The fourth-order valence-corrected chi connectivity index (χ4v) is 7.54. The van der Waals surface area contributed by atoms with Gasteiger partial charge in [0.25, 0.3) is 5.91 Å². The van der Waals surface area contributed by atoms with Gasteiger partial charge in [0.1, 0.15) is 29.1 Å². The van der Waals surface area contributed by atoms with Gasteiger partial charge in [0.15, 0.2) is 17.3 Å². The number of ether oxygens (including phenoxy) is 2. The molecule has 0 bridgehead atoms. The van der Waals surface area contributed by atoms with E-state index < -0.39 is 17.2 Å². The Labute approximate surface area is 254 Å². The Morgan fingerprint density at radius 2 is 2.07 bits per heavy atom. The van der Waals surface area contributed by atoms with E-state index >= 15 is 4.39 Å². The van der Waals surface area contributed by atoms with E-state index in [-0.39, 0.29) is 28.4 Å². The van der Waals surface area contributed by atoms with Crippen molar-refractivity contribution in [3.63, 3.8) is 0 Å². The molecular weight excluding hydrogens is 561 g/mol. The average molecular weight is 598 g/mol. The van der Waals surface area contributed by atoms with Gasteiger partial charge >= 0.3 is 0 Å². The van der Waals surface area contributed by atoms with Crippen LogP contribution >= 0.6 is 0 Å². The van der Waals surface area contributed by atoms with Crippen molar-refractivity contribution >= 4 is 28.1 Å². The van der Waals surface area contributed by atoms with Crippen molar-refractivity contribution < 1.29 is 18.7 Å². The standard InChI is InChI=1S/C34H36FN5O4/c1-38-11-4-6-21(38)8-10-37-34(42)25-17-40-27-14-23-22-7-3-2-5-19(22)18-43-28(23)15-29(27)44-33-30(40)24(32(25)41)13-26(35)31(33)39-12-9-20(36)16-39/h2,5,13-15,17,20-21H,3-4,6-12,16,18,36H2,1H3,(H,37,42)/t20-,21?/m0/s1. The smallest absolute Gasteiger partial charge is 0.256 e. The number of nitrogens with zero attached hydrogens (tertiary/aromatic N) is 3. The summed E-state index contributed by atoms with van der Waals surface area (Å²) in [6.07, 6.45) is 11.5. The van der Waals surface area contributed by atoms with E-state index in [4.69, 9.17) is 15.2 Å². The number of rotatable bonds is 5. The summed E-state index contributed by atoms with van der Waals surface area (Å²) < 4.78 is 30.5. The van der Waals surface area contributed by atoms with E-state index in [1.54, 1.807) is 6.20 Å². The minimum Gasteiger partial charge on any atom is -0.488 e. The summed E-state index contributed by atoms with van der Waals surface area (Å²) in [4.78, 5) is 31.6. The maximum atomic E-state index is 16.0. The Morgan fingerprint density at radius 1 is 1.18 bits per heavy atom. The van der Waals surface area contributed by atoms with Crippen molar-refractivity contribution in [1.82, 2.24) is 14.8 Å². The monoisotopic (exact) mass is 597 g/mol. The van der Waals surface area contributed by atoms with E-state index in [1.165, 1.54) is 11.6 Å². The van der Waals surface area contributed by atoms with Crippen LogP contribution in [-0.2, 0) is 0 Å². The summed E-state index contributed by atoms with van der Waals surface area (Å²) in [7, 11) is 2.10. The Bertz CT molecular complexity index is 1850. The van der Waals surface area contributed by atoms with E-state index in [0.29, 0.717) is 55.0 Å². The van der Waals surface area contributed by atoms with Crippen molar-refractivity contribution in [2.75, 3.05) is 44.7 Å². The van der Waals surface area contributed by atoms with Crippen molar-refractivity contribution in [3.8, 4) is 22.9 Å². The van der Waals surface area contributed by atoms with Crippen LogP contribution in [0.15, 0.2) is 46.9 Å². The number of fused-ring (bicyclic) bond motifs is 4. The number of anilines is 1. The van der Waals surface area contributed by atoms with Crippen LogP contribution in [0, 0.1) is 5.82 Å². The van der Waals surface area contributed by atoms with Gasteiger partial charge in [-0.3, -0.25) is 9.59 Å². The van der Waals surface area contributed by atoms with Crippen molar-refractivity contribution in [2.24, 2.45) is 5.73 Å². The molecule has 0 spiro atoms. The summed E-state index contributed by atoms with van der Waals surface area (Å²) in [6, 6.07) is 5.44. The van der Waals surface area contributed by atoms with Crippen LogP contribution in [0.5, 0.6) is 17.2 Å². The molecule has 0 saturated carbocycles. The lowest BCUT2D eigenvalue weighted by atomic mass is 9.89. The molecule has 2 saturated heterocycles. The summed E-state index contributed by atoms with van der Waals surface area (Å²) in [5, 5.41) is 3.07. The maximum Gasteiger partial charge on any atom is 0.256 e. The summed E-state index contributed by atoms with van der Waals surface area (Å²) in [5.41, 5.74) is 10.4. The number of carbonyl (C=O) groups is 1. The molecule has 228 valence electrons. The predicted molar refractivity (Wildman–Crippen MR) is 168 cm³/mol. The van der Waals surface area contributed by atoms with Gasteiger partial charge in [-0.15, -0.1) is 0 Å². The molecule has 1 amide bonds. The quantitative estimate of drug-likeness (QED) is 0.350. The fraction of sp³-hybridized carbons (Fsp3) is 0.412. The minimum absolute atomic E-state index is 0.0269. The highest BCUT2D eigenvalue weighted by molar-refractivity contribution is 6.01. The van der Waals surface area contributed by atoms with Gasteiger partial charge in [0.2, 0.25) is 5.43 Å². The number of hydrogen-bond acceptors (Lipinski definition) is 7. The van der Waals surface area contributed by atoms with Crippen LogP contribution in [0.3, 0.4) is 0 Å². The zero-order valence-electron chi connectivity index (χ0n) is 24.8. The molecule has 1 aromatic heterocycles. The molecule has 2 atom stereocenters. The number of allylic oxidation sites excluding steroid dienone is 2. The lowest BCUT2D eigenvalue weighted by Gasteiger charge is -2.31. The number of hydrogen-bond donors (Lipinski definition) is 2. The molecule has 10 heteroatoms. The van der Waals surface area contributed by atoms with Crippen LogP contribution in [0.25, 0.3) is 22.2 Å². The number of carbonyl (C=O) groups excluding carboxylic acids is 1. The van der Waals surface area contributed by atoms with E-state index in [9.17, 15) is 9.59 Å². The normalized spacial score (nSPS) is 22.0. The molecule has 8 rings (SSSR count). The summed E-state index contributed by atoms with van der Waals surface area (Å²) >= 11 is 0. The van der Waals surface area contributed by atoms with Gasteiger partial charge in [0, 0.05) is 49.5 Å². The molecule has 3 aromatic rings. The van der Waals surface area contributed by atoms with Crippen LogP contribution < -0.4 is 30.9 Å². The Balaban J connectivity index is 1.28. The predicted octanol–water partition coefficient (Wildman–Crippen LogP) is 4.48. The van der Waals surface area contributed by atoms with E-state index in [0.717, 1.165) is 56.2 Å². The zero-order chi connectivity index (χ0) is 30.1. The van der Waals surface area contributed by atoms with Crippen molar-refractivity contribution in [3.05, 3.63) is 69.3 Å². The highest BCUT2D eigenvalue weighted by Gasteiger charge is 2.34. The second-order valence-corrected chi connectivity index (χ2v) is 12.6. The fourth-order valence-electron chi connectivity index (χ4n) is 7.54. The zero-order valence-corrected chi connectivity index (χ0v) is 24.8. The van der Waals surface area contributed by atoms with Gasteiger partial charge in [-0.1, -0.05) is 12.2 Å². The first-order valence-corrected chi connectivity index (χ1v) is 15.7. The van der Waals surface area contributed by atoms with Gasteiger partial charge in [-0.2, -0.15) is 0 Å². The summed E-state index contributed by atoms with van der Waals surface area (Å²) in [6.45, 7) is 3.03. The van der Waals surface area contributed by atoms with Gasteiger partial charge in [-0.05, 0) is 75.4 Å². The lowest BCUT2D eigenvalue weighted by Crippen LogP contribution is -2.34. The first-order chi connectivity index (χ1) is 21.4. The molecule has 9 nitrogen and oxygen atoms in total. The number of nitrogens with one attached hydrogen (secondary N) is 1. The highest BCUT2D eigenvalue weighted by atomic mass is 19.1. The number of benzene rings is 2. The Morgan fingerprint density at radius 3 is 2.86 bits per heavy atom. The second kappa shape index (κ2) is 10.5. The van der Waals surface area contributed by atoms with Crippen molar-refractivity contribution in [1.29, 1.82) is 0 Å². The molecular formula is C34H36FN5O4.